The number of alkyl halides is 1. The third-order valence-electron chi connectivity index (χ3n) is 3.99. The smallest absolute Gasteiger partial charge is 0.412 e. The van der Waals surface area contributed by atoms with Crippen LogP contribution in [0.5, 0.6) is 0 Å². The number of carboxylic acid groups (broad SMARTS) is 1. The van der Waals surface area contributed by atoms with Crippen molar-refractivity contribution >= 4 is 42.9 Å². The number of allylic oxidation sites excluding steroid dienone is 2. The molecule has 2 rings (SSSR count). The van der Waals surface area contributed by atoms with E-state index in [4.69, 9.17) is 0 Å². The Morgan fingerprint density at radius 3 is 2.59 bits per heavy atom. The van der Waals surface area contributed by atoms with Gasteiger partial charge in [-0.15, -0.1) is 0 Å². The van der Waals surface area contributed by atoms with Crippen molar-refractivity contribution in [2.45, 2.75) is 26.8 Å². The number of halogens is 1. The van der Waals surface area contributed by atoms with Gasteiger partial charge in [0.1, 0.15) is 4.86 Å². The molecule has 7 heteroatoms. The summed E-state index contributed by atoms with van der Waals surface area (Å²) in [5, 5.41) is 10.3. The highest BCUT2D eigenvalue weighted by atomic mass is 79.9. The molecule has 0 spiro atoms. The monoisotopic (exact) mass is 449 g/mol. The first kappa shape index (κ1) is 21.0. The summed E-state index contributed by atoms with van der Waals surface area (Å²) in [5.41, 5.74) is 1.14. The summed E-state index contributed by atoms with van der Waals surface area (Å²) in [6.45, 7) is 5.68. The van der Waals surface area contributed by atoms with Crippen LogP contribution in [0.15, 0.2) is 48.1 Å². The molecular weight excluding hydrogens is 430 g/mol. The van der Waals surface area contributed by atoms with Crippen LogP contribution in [0.1, 0.15) is 26.3 Å². The fraction of sp³-hybridized carbons (Fsp3) is 0.300. The molecule has 1 unspecified atom stereocenters. The topological polar surface area (TPSA) is 74.7 Å². The summed E-state index contributed by atoms with van der Waals surface area (Å²) >= 11 is 3.22. The molecule has 5 nitrogen and oxygen atoms in total. The Labute approximate surface area is 169 Å². The maximum atomic E-state index is 12.1. The van der Waals surface area contributed by atoms with Crippen LogP contribution in [0.4, 0.5) is 10.5 Å². The van der Waals surface area contributed by atoms with Gasteiger partial charge in [-0.1, -0.05) is 72.8 Å². The van der Waals surface area contributed by atoms with Crippen molar-refractivity contribution < 1.29 is 18.3 Å². The highest BCUT2D eigenvalue weighted by Gasteiger charge is 2.35. The molecule has 0 aliphatic heterocycles. The SMILES string of the molecule is CC(C)(C)C1=CC=CC(N(C(=O)O)c2cccc(C#CCBr)c2)C1=S(=O)=O. The molecule has 142 valence electrons. The molecular formula is C20H20BrNO4S. The van der Waals surface area contributed by atoms with Gasteiger partial charge >= 0.3 is 6.09 Å². The predicted molar refractivity (Wildman–Crippen MR) is 112 cm³/mol. The minimum atomic E-state index is -2.57. The lowest BCUT2D eigenvalue weighted by molar-refractivity contribution is 0.201. The van der Waals surface area contributed by atoms with Crippen LogP contribution >= 0.6 is 15.9 Å². The van der Waals surface area contributed by atoms with Crippen LogP contribution in [0.25, 0.3) is 0 Å². The second-order valence-corrected chi connectivity index (χ2v) is 8.37. The van der Waals surface area contributed by atoms with Gasteiger partial charge in [0.25, 0.3) is 0 Å². The Balaban J connectivity index is 2.61. The molecule has 0 bridgehead atoms. The van der Waals surface area contributed by atoms with E-state index < -0.39 is 27.8 Å². The number of hydrogen-bond acceptors (Lipinski definition) is 3. The van der Waals surface area contributed by atoms with E-state index in [1.807, 2.05) is 20.8 Å². The van der Waals surface area contributed by atoms with Crippen LogP contribution in [-0.2, 0) is 10.3 Å². The van der Waals surface area contributed by atoms with Gasteiger partial charge in [0, 0.05) is 11.3 Å². The molecule has 1 aromatic rings. The zero-order valence-corrected chi connectivity index (χ0v) is 17.6. The lowest BCUT2D eigenvalue weighted by atomic mass is 9.80. The number of amides is 1. The fourth-order valence-electron chi connectivity index (χ4n) is 2.86. The molecule has 1 aromatic carbocycles. The highest BCUT2D eigenvalue weighted by Crippen LogP contribution is 2.32. The van der Waals surface area contributed by atoms with Gasteiger partial charge in [0.15, 0.2) is 0 Å². The Kier molecular flexibility index (Phi) is 6.68. The van der Waals surface area contributed by atoms with Crippen molar-refractivity contribution in [2.24, 2.45) is 5.41 Å². The van der Waals surface area contributed by atoms with Crippen LogP contribution in [0.2, 0.25) is 0 Å². The van der Waals surface area contributed by atoms with Crippen LogP contribution in [0.3, 0.4) is 0 Å². The Bertz CT molecular complexity index is 996. The summed E-state index contributed by atoms with van der Waals surface area (Å²) in [5.74, 6) is 5.79. The van der Waals surface area contributed by atoms with E-state index in [-0.39, 0.29) is 4.86 Å². The Hall–Kier alpha value is -2.30. The maximum absolute atomic E-state index is 12.1. The van der Waals surface area contributed by atoms with Crippen molar-refractivity contribution in [3.63, 3.8) is 0 Å². The van der Waals surface area contributed by atoms with Gasteiger partial charge in [-0.25, -0.2) is 4.79 Å². The molecule has 0 saturated carbocycles. The van der Waals surface area contributed by atoms with E-state index >= 15 is 0 Å². The van der Waals surface area contributed by atoms with E-state index in [2.05, 4.69) is 27.8 Å². The van der Waals surface area contributed by atoms with E-state index in [1.54, 1.807) is 42.5 Å². The van der Waals surface area contributed by atoms with Crippen LogP contribution in [0, 0.1) is 17.3 Å². The van der Waals surface area contributed by atoms with E-state index in [9.17, 15) is 18.3 Å². The summed E-state index contributed by atoms with van der Waals surface area (Å²) in [4.78, 5) is 13.2. The number of benzene rings is 1. The molecule has 27 heavy (non-hydrogen) atoms. The first-order valence-electron chi connectivity index (χ1n) is 8.19. The minimum Gasteiger partial charge on any atom is -0.465 e. The normalized spacial score (nSPS) is 16.2. The lowest BCUT2D eigenvalue weighted by Gasteiger charge is -2.34. The Morgan fingerprint density at radius 2 is 2.04 bits per heavy atom. The van der Waals surface area contributed by atoms with Gasteiger partial charge in [0.2, 0.25) is 10.3 Å². The zero-order valence-electron chi connectivity index (χ0n) is 15.2. The first-order valence-corrected chi connectivity index (χ1v) is 10.4. The molecule has 1 atom stereocenters. The second kappa shape index (κ2) is 8.59. The van der Waals surface area contributed by atoms with Gasteiger partial charge in [-0.3, -0.25) is 4.90 Å². The molecule has 1 aliphatic carbocycles. The Morgan fingerprint density at radius 1 is 1.33 bits per heavy atom. The van der Waals surface area contributed by atoms with E-state index in [0.29, 0.717) is 22.2 Å². The predicted octanol–water partition coefficient (Wildman–Crippen LogP) is 3.88. The van der Waals surface area contributed by atoms with Gasteiger partial charge in [-0.05, 0) is 29.2 Å². The minimum absolute atomic E-state index is 0.0596. The average molecular weight is 450 g/mol. The highest BCUT2D eigenvalue weighted by molar-refractivity contribution is 9.09. The molecule has 1 aliphatic rings. The largest absolute Gasteiger partial charge is 0.465 e. The first-order chi connectivity index (χ1) is 12.7. The lowest BCUT2D eigenvalue weighted by Crippen LogP contribution is -2.46. The number of anilines is 1. The van der Waals surface area contributed by atoms with Crippen LogP contribution < -0.4 is 4.90 Å². The number of hydrogen-bond donors (Lipinski definition) is 1. The molecule has 0 saturated heterocycles. The standard InChI is InChI=1S/C20H20BrNO4S/c1-20(2,3)16-10-5-11-17(18(16)27(25)26)22(19(23)24)15-9-4-7-14(13-15)8-6-12-21/h4-5,7,9-11,13,17H,12H2,1-3H3,(H,23,24). The summed E-state index contributed by atoms with van der Waals surface area (Å²) in [6, 6.07) is 5.79. The van der Waals surface area contributed by atoms with E-state index in [1.165, 1.54) is 0 Å². The summed E-state index contributed by atoms with van der Waals surface area (Å²) in [7, 11) is -2.57. The van der Waals surface area contributed by atoms with Crippen molar-refractivity contribution in [3.8, 4) is 11.8 Å². The molecule has 0 aromatic heterocycles. The number of carbonyl (C=O) groups is 1. The third-order valence-corrected chi connectivity index (χ3v) is 5.09. The maximum Gasteiger partial charge on any atom is 0.412 e. The number of nitrogens with zero attached hydrogens (tertiary/aromatic N) is 1. The van der Waals surface area contributed by atoms with Crippen molar-refractivity contribution in [1.29, 1.82) is 0 Å². The third kappa shape index (κ3) is 4.90. The molecule has 1 amide bonds. The molecule has 1 N–H and O–H groups in total. The van der Waals surface area contributed by atoms with Crippen molar-refractivity contribution in [2.75, 3.05) is 10.2 Å². The van der Waals surface area contributed by atoms with Crippen molar-refractivity contribution in [3.05, 3.63) is 53.6 Å². The van der Waals surface area contributed by atoms with Gasteiger partial charge < -0.3 is 5.11 Å². The second-order valence-electron chi connectivity index (χ2n) is 6.90. The van der Waals surface area contributed by atoms with Crippen LogP contribution in [-0.4, -0.2) is 35.9 Å². The molecule has 0 heterocycles. The molecule has 0 fully saturated rings. The summed E-state index contributed by atoms with van der Waals surface area (Å²) < 4.78 is 24.1. The zero-order chi connectivity index (χ0) is 20.2. The molecule has 0 radical (unpaired) electrons. The van der Waals surface area contributed by atoms with Gasteiger partial charge in [0.05, 0.1) is 11.4 Å². The summed E-state index contributed by atoms with van der Waals surface area (Å²) in [6.07, 6.45) is 3.75. The van der Waals surface area contributed by atoms with Gasteiger partial charge in [-0.2, -0.15) is 8.42 Å². The van der Waals surface area contributed by atoms with E-state index in [0.717, 1.165) is 4.90 Å². The number of rotatable bonds is 2. The van der Waals surface area contributed by atoms with Crippen molar-refractivity contribution in [1.82, 2.24) is 0 Å². The average Bonchev–Trinajstić information content (AvgIpc) is 2.59. The quantitative estimate of drug-likeness (QED) is 0.422. The fourth-order valence-corrected chi connectivity index (χ4v) is 3.93.